The number of methoxy groups -OCH3 is 1. The van der Waals surface area contributed by atoms with Gasteiger partial charge in [-0.05, 0) is 55.3 Å². The number of hydrogen-bond donors (Lipinski definition) is 2. The van der Waals surface area contributed by atoms with Gasteiger partial charge < -0.3 is 24.8 Å². The Morgan fingerprint density at radius 1 is 1.10 bits per heavy atom. The highest BCUT2D eigenvalue weighted by Gasteiger charge is 2.15. The molecule has 0 aliphatic rings. The zero-order chi connectivity index (χ0) is 22.1. The van der Waals surface area contributed by atoms with Crippen LogP contribution in [0.15, 0.2) is 36.4 Å². The summed E-state index contributed by atoms with van der Waals surface area (Å²) in [6.45, 7) is 1.17. The number of alkyl halides is 2. The van der Waals surface area contributed by atoms with Crippen LogP contribution < -0.4 is 24.8 Å². The Kier molecular flexibility index (Phi) is 8.40. The van der Waals surface area contributed by atoms with Crippen molar-refractivity contribution in [3.63, 3.8) is 0 Å². The highest BCUT2D eigenvalue weighted by molar-refractivity contribution is 5.99. The molecule has 0 saturated heterocycles. The minimum atomic E-state index is -3.02. The van der Waals surface area contributed by atoms with Gasteiger partial charge in [-0.2, -0.15) is 8.78 Å². The van der Waals surface area contributed by atoms with E-state index in [0.717, 1.165) is 12.0 Å². The normalized spacial score (nSPS) is 10.5. The first-order valence-electron chi connectivity index (χ1n) is 9.28. The number of amides is 2. The van der Waals surface area contributed by atoms with Gasteiger partial charge in [0.15, 0.2) is 11.5 Å². The molecule has 0 aliphatic carbocycles. The van der Waals surface area contributed by atoms with E-state index in [9.17, 15) is 18.4 Å². The summed E-state index contributed by atoms with van der Waals surface area (Å²) < 4.78 is 39.6. The lowest BCUT2D eigenvalue weighted by molar-refractivity contribution is -0.115. The van der Waals surface area contributed by atoms with Crippen molar-refractivity contribution in [2.45, 2.75) is 26.9 Å². The summed E-state index contributed by atoms with van der Waals surface area (Å²) in [6.07, 6.45) is 0.894. The minimum absolute atomic E-state index is 0.0200. The van der Waals surface area contributed by atoms with Crippen LogP contribution in [0.3, 0.4) is 0 Å². The molecule has 0 bridgehead atoms. The summed E-state index contributed by atoms with van der Waals surface area (Å²) in [7, 11) is 1.27. The predicted octanol–water partition coefficient (Wildman–Crippen LogP) is 3.76. The van der Waals surface area contributed by atoms with E-state index in [0.29, 0.717) is 18.0 Å². The van der Waals surface area contributed by atoms with Crippen molar-refractivity contribution >= 4 is 17.5 Å². The molecule has 30 heavy (non-hydrogen) atoms. The smallest absolute Gasteiger partial charge is 0.387 e. The Hall–Kier alpha value is -3.36. The molecule has 2 rings (SSSR count). The fourth-order valence-corrected chi connectivity index (χ4v) is 2.55. The molecule has 7 nitrogen and oxygen atoms in total. The highest BCUT2D eigenvalue weighted by atomic mass is 19.3. The van der Waals surface area contributed by atoms with E-state index in [1.54, 1.807) is 12.1 Å². The average Bonchev–Trinajstić information content (AvgIpc) is 2.72. The second-order valence-corrected chi connectivity index (χ2v) is 6.30. The number of nitrogens with one attached hydrogen (secondary N) is 2. The number of anilines is 1. The van der Waals surface area contributed by atoms with Crippen molar-refractivity contribution in [3.8, 4) is 17.2 Å². The van der Waals surface area contributed by atoms with E-state index >= 15 is 0 Å². The Labute approximate surface area is 173 Å². The molecule has 2 aromatic rings. The number of halogens is 2. The van der Waals surface area contributed by atoms with Crippen molar-refractivity contribution in [1.82, 2.24) is 5.32 Å². The number of ether oxygens (including phenoxy) is 3. The molecule has 0 saturated carbocycles. The van der Waals surface area contributed by atoms with Gasteiger partial charge in [-0.1, -0.05) is 6.92 Å². The molecular formula is C21H24F2N2O5. The van der Waals surface area contributed by atoms with E-state index in [1.807, 2.05) is 19.9 Å². The summed E-state index contributed by atoms with van der Waals surface area (Å²) >= 11 is 0. The fraction of sp³-hybridized carbons (Fsp3) is 0.333. The van der Waals surface area contributed by atoms with Gasteiger partial charge in [0.05, 0.1) is 20.3 Å². The zero-order valence-corrected chi connectivity index (χ0v) is 17.0. The Bertz CT molecular complexity index is 890. The van der Waals surface area contributed by atoms with Gasteiger partial charge in [-0.3, -0.25) is 9.59 Å². The van der Waals surface area contributed by atoms with Gasteiger partial charge in [-0.25, -0.2) is 0 Å². The average molecular weight is 422 g/mol. The van der Waals surface area contributed by atoms with Crippen molar-refractivity contribution in [3.05, 3.63) is 47.5 Å². The maximum absolute atomic E-state index is 12.4. The van der Waals surface area contributed by atoms with Crippen LogP contribution in [0, 0.1) is 6.92 Å². The molecule has 0 heterocycles. The molecular weight excluding hydrogens is 398 g/mol. The van der Waals surface area contributed by atoms with Crippen LogP contribution in [0.4, 0.5) is 14.5 Å². The predicted molar refractivity (Wildman–Crippen MR) is 108 cm³/mol. The van der Waals surface area contributed by atoms with Gasteiger partial charge in [0, 0.05) is 11.3 Å². The molecule has 2 aromatic carbocycles. The first kappa shape index (κ1) is 22.9. The van der Waals surface area contributed by atoms with Gasteiger partial charge >= 0.3 is 6.61 Å². The number of benzene rings is 2. The molecule has 0 radical (unpaired) electrons. The lowest BCUT2D eigenvalue weighted by Gasteiger charge is -2.13. The Balaban J connectivity index is 1.93. The Morgan fingerprint density at radius 3 is 2.50 bits per heavy atom. The SMILES string of the molecule is CCCOc1ccc(NC(=O)CNC(=O)c2ccc(OC(F)F)c(OC)c2)c(C)c1. The third-order valence-corrected chi connectivity index (χ3v) is 4.00. The van der Waals surface area contributed by atoms with Gasteiger partial charge in [0.2, 0.25) is 5.91 Å². The second kappa shape index (κ2) is 11.0. The lowest BCUT2D eigenvalue weighted by Crippen LogP contribution is -2.33. The largest absolute Gasteiger partial charge is 0.494 e. The van der Waals surface area contributed by atoms with Crippen LogP contribution in [0.5, 0.6) is 17.2 Å². The summed E-state index contributed by atoms with van der Waals surface area (Å²) in [5, 5.41) is 5.19. The van der Waals surface area contributed by atoms with E-state index in [-0.39, 0.29) is 23.6 Å². The van der Waals surface area contributed by atoms with Crippen LogP contribution in [0.25, 0.3) is 0 Å². The molecule has 2 N–H and O–H groups in total. The maximum Gasteiger partial charge on any atom is 0.387 e. The molecule has 0 spiro atoms. The highest BCUT2D eigenvalue weighted by Crippen LogP contribution is 2.29. The van der Waals surface area contributed by atoms with Crippen molar-refractivity contribution in [2.75, 3.05) is 25.6 Å². The number of aryl methyl sites for hydroxylation is 1. The standard InChI is InChI=1S/C21H24F2N2O5/c1-4-9-29-15-6-7-16(13(2)10-15)25-19(26)12-24-20(27)14-5-8-17(30-21(22)23)18(11-14)28-3/h5-8,10-11,21H,4,9,12H2,1-3H3,(H,24,27)(H,25,26). The summed E-state index contributed by atoms with van der Waals surface area (Å²) in [5.41, 5.74) is 1.56. The van der Waals surface area contributed by atoms with Crippen LogP contribution in [0.1, 0.15) is 29.3 Å². The van der Waals surface area contributed by atoms with Crippen LogP contribution >= 0.6 is 0 Å². The number of rotatable bonds is 10. The summed E-state index contributed by atoms with van der Waals surface area (Å²) in [5.74, 6) is -0.476. The van der Waals surface area contributed by atoms with E-state index in [2.05, 4.69) is 15.4 Å². The molecule has 0 unspecified atom stereocenters. The fourth-order valence-electron chi connectivity index (χ4n) is 2.55. The number of carbonyl (C=O) groups is 2. The molecule has 0 aromatic heterocycles. The van der Waals surface area contributed by atoms with Gasteiger partial charge in [0.1, 0.15) is 5.75 Å². The van der Waals surface area contributed by atoms with Gasteiger partial charge in [-0.15, -0.1) is 0 Å². The third kappa shape index (κ3) is 6.61. The number of hydrogen-bond acceptors (Lipinski definition) is 5. The van der Waals surface area contributed by atoms with E-state index in [4.69, 9.17) is 9.47 Å². The Morgan fingerprint density at radius 2 is 1.87 bits per heavy atom. The van der Waals surface area contributed by atoms with E-state index < -0.39 is 18.4 Å². The minimum Gasteiger partial charge on any atom is -0.494 e. The van der Waals surface area contributed by atoms with Crippen LogP contribution in [-0.4, -0.2) is 38.7 Å². The number of carbonyl (C=O) groups excluding carboxylic acids is 2. The van der Waals surface area contributed by atoms with Crippen LogP contribution in [0.2, 0.25) is 0 Å². The second-order valence-electron chi connectivity index (χ2n) is 6.30. The quantitative estimate of drug-likeness (QED) is 0.609. The monoisotopic (exact) mass is 422 g/mol. The first-order valence-corrected chi connectivity index (χ1v) is 9.28. The first-order chi connectivity index (χ1) is 14.3. The molecule has 9 heteroatoms. The molecule has 162 valence electrons. The maximum atomic E-state index is 12.4. The van der Waals surface area contributed by atoms with Crippen molar-refractivity contribution in [1.29, 1.82) is 0 Å². The molecule has 0 aliphatic heterocycles. The van der Waals surface area contributed by atoms with Crippen molar-refractivity contribution in [2.24, 2.45) is 0 Å². The lowest BCUT2D eigenvalue weighted by atomic mass is 10.2. The third-order valence-electron chi connectivity index (χ3n) is 4.00. The molecule has 2 amide bonds. The van der Waals surface area contributed by atoms with Crippen molar-refractivity contribution < 1.29 is 32.6 Å². The molecule has 0 fully saturated rings. The molecule has 0 atom stereocenters. The van der Waals surface area contributed by atoms with Crippen LogP contribution in [-0.2, 0) is 4.79 Å². The van der Waals surface area contributed by atoms with E-state index in [1.165, 1.54) is 25.3 Å². The zero-order valence-electron chi connectivity index (χ0n) is 17.0. The summed E-state index contributed by atoms with van der Waals surface area (Å²) in [4.78, 5) is 24.4. The summed E-state index contributed by atoms with van der Waals surface area (Å²) in [6, 6.07) is 9.06. The van der Waals surface area contributed by atoms with Gasteiger partial charge in [0.25, 0.3) is 5.91 Å². The topological polar surface area (TPSA) is 85.9 Å².